The molecule has 2 aromatic rings. The molecule has 0 aliphatic heterocycles. The summed E-state index contributed by atoms with van der Waals surface area (Å²) in [6.45, 7) is 9.57. The van der Waals surface area contributed by atoms with Crippen LogP contribution < -0.4 is 10.6 Å². The van der Waals surface area contributed by atoms with E-state index in [0.29, 0.717) is 0 Å². The molecule has 0 bridgehead atoms. The van der Waals surface area contributed by atoms with Crippen molar-refractivity contribution >= 4 is 10.9 Å². The van der Waals surface area contributed by atoms with Crippen molar-refractivity contribution in [3.05, 3.63) is 42.1 Å². The van der Waals surface area contributed by atoms with Crippen LogP contribution in [-0.4, -0.2) is 23.6 Å². The molecule has 0 fully saturated rings. The Labute approximate surface area is 121 Å². The minimum atomic E-state index is 0.210. The van der Waals surface area contributed by atoms with Crippen LogP contribution in [-0.2, 0) is 6.54 Å². The summed E-state index contributed by atoms with van der Waals surface area (Å²) >= 11 is 0. The molecule has 0 amide bonds. The number of fused-ring (bicyclic) bond motifs is 1. The zero-order valence-corrected chi connectivity index (χ0v) is 12.7. The molecule has 1 heterocycles. The van der Waals surface area contributed by atoms with Crippen molar-refractivity contribution in [1.29, 1.82) is 0 Å². The normalized spacial score (nSPS) is 11.9. The predicted octanol–water partition coefficient (Wildman–Crippen LogP) is 3.10. The summed E-state index contributed by atoms with van der Waals surface area (Å²) in [6.07, 6.45) is 2.98. The lowest BCUT2D eigenvalue weighted by atomic mass is 10.1. The SMILES string of the molecule is CC(C)(C)NCCCNCc1cccc2ncccc12. The molecule has 20 heavy (non-hydrogen) atoms. The van der Waals surface area contributed by atoms with Gasteiger partial charge in [-0.15, -0.1) is 0 Å². The molecular formula is C17H25N3. The average molecular weight is 271 g/mol. The number of aromatic nitrogens is 1. The van der Waals surface area contributed by atoms with E-state index in [1.165, 1.54) is 10.9 Å². The maximum Gasteiger partial charge on any atom is 0.0705 e. The Kier molecular flexibility index (Phi) is 5.10. The minimum Gasteiger partial charge on any atom is -0.313 e. The van der Waals surface area contributed by atoms with Gasteiger partial charge in [0.1, 0.15) is 0 Å². The highest BCUT2D eigenvalue weighted by Gasteiger charge is 2.07. The number of hydrogen-bond acceptors (Lipinski definition) is 3. The highest BCUT2D eigenvalue weighted by atomic mass is 14.9. The number of pyridine rings is 1. The average Bonchev–Trinajstić information content (AvgIpc) is 2.41. The van der Waals surface area contributed by atoms with E-state index in [2.05, 4.69) is 60.7 Å². The van der Waals surface area contributed by atoms with Gasteiger partial charge in [0.15, 0.2) is 0 Å². The Morgan fingerprint density at radius 2 is 1.90 bits per heavy atom. The number of nitrogens with zero attached hydrogens (tertiary/aromatic N) is 1. The minimum absolute atomic E-state index is 0.210. The Balaban J connectivity index is 1.79. The van der Waals surface area contributed by atoms with Crippen LogP contribution in [0.1, 0.15) is 32.8 Å². The molecule has 1 aromatic heterocycles. The molecule has 0 saturated heterocycles. The zero-order chi connectivity index (χ0) is 14.4. The molecule has 3 heteroatoms. The number of hydrogen-bond donors (Lipinski definition) is 2. The standard InChI is InChI=1S/C17H25N3/c1-17(2,3)20-12-6-10-18-13-14-7-4-9-16-15(14)8-5-11-19-16/h4-5,7-9,11,18,20H,6,10,12-13H2,1-3H3. The summed E-state index contributed by atoms with van der Waals surface area (Å²) in [5.41, 5.74) is 2.60. The molecule has 108 valence electrons. The maximum absolute atomic E-state index is 4.39. The molecule has 0 spiro atoms. The fourth-order valence-corrected chi connectivity index (χ4v) is 2.22. The molecular weight excluding hydrogens is 246 g/mol. The van der Waals surface area contributed by atoms with Gasteiger partial charge in [-0.25, -0.2) is 0 Å². The summed E-state index contributed by atoms with van der Waals surface area (Å²) < 4.78 is 0. The fraction of sp³-hybridized carbons (Fsp3) is 0.471. The van der Waals surface area contributed by atoms with Gasteiger partial charge in [0.25, 0.3) is 0 Å². The molecule has 0 unspecified atom stereocenters. The largest absolute Gasteiger partial charge is 0.313 e. The van der Waals surface area contributed by atoms with E-state index in [0.717, 1.165) is 31.6 Å². The molecule has 1 aromatic carbocycles. The number of nitrogens with one attached hydrogen (secondary N) is 2. The summed E-state index contributed by atoms with van der Waals surface area (Å²) in [5, 5.41) is 8.26. The highest BCUT2D eigenvalue weighted by Crippen LogP contribution is 2.15. The molecule has 0 saturated carbocycles. The van der Waals surface area contributed by atoms with Crippen molar-refractivity contribution in [3.8, 4) is 0 Å². The summed E-state index contributed by atoms with van der Waals surface area (Å²) in [6, 6.07) is 10.4. The second-order valence-corrected chi connectivity index (χ2v) is 6.19. The predicted molar refractivity (Wildman–Crippen MR) is 85.8 cm³/mol. The van der Waals surface area contributed by atoms with Crippen LogP contribution in [0.25, 0.3) is 10.9 Å². The summed E-state index contributed by atoms with van der Waals surface area (Å²) in [4.78, 5) is 4.39. The van der Waals surface area contributed by atoms with Crippen molar-refractivity contribution in [3.63, 3.8) is 0 Å². The lowest BCUT2D eigenvalue weighted by molar-refractivity contribution is 0.418. The van der Waals surface area contributed by atoms with Crippen LogP contribution in [0.5, 0.6) is 0 Å². The van der Waals surface area contributed by atoms with Crippen LogP contribution >= 0.6 is 0 Å². The van der Waals surface area contributed by atoms with Gasteiger partial charge in [0.2, 0.25) is 0 Å². The van der Waals surface area contributed by atoms with Crippen molar-refractivity contribution < 1.29 is 0 Å². The lowest BCUT2D eigenvalue weighted by Crippen LogP contribution is -2.37. The second kappa shape index (κ2) is 6.82. The van der Waals surface area contributed by atoms with Crippen LogP contribution in [0.4, 0.5) is 0 Å². The molecule has 2 N–H and O–H groups in total. The van der Waals surface area contributed by atoms with Gasteiger partial charge in [-0.2, -0.15) is 0 Å². The third kappa shape index (κ3) is 4.58. The van der Waals surface area contributed by atoms with Gasteiger partial charge in [-0.3, -0.25) is 4.98 Å². The van der Waals surface area contributed by atoms with Crippen LogP contribution in [0.3, 0.4) is 0 Å². The van der Waals surface area contributed by atoms with E-state index in [-0.39, 0.29) is 5.54 Å². The van der Waals surface area contributed by atoms with Gasteiger partial charge >= 0.3 is 0 Å². The monoisotopic (exact) mass is 271 g/mol. The van der Waals surface area contributed by atoms with Crippen molar-refractivity contribution in [1.82, 2.24) is 15.6 Å². The fourth-order valence-electron chi connectivity index (χ4n) is 2.22. The summed E-state index contributed by atoms with van der Waals surface area (Å²) in [7, 11) is 0. The van der Waals surface area contributed by atoms with E-state index in [9.17, 15) is 0 Å². The quantitative estimate of drug-likeness (QED) is 0.793. The van der Waals surface area contributed by atoms with E-state index < -0.39 is 0 Å². The van der Waals surface area contributed by atoms with E-state index in [1.54, 1.807) is 0 Å². The zero-order valence-electron chi connectivity index (χ0n) is 12.7. The topological polar surface area (TPSA) is 37.0 Å². The lowest BCUT2D eigenvalue weighted by Gasteiger charge is -2.20. The van der Waals surface area contributed by atoms with Crippen LogP contribution in [0.2, 0.25) is 0 Å². The first-order valence-corrected chi connectivity index (χ1v) is 7.35. The van der Waals surface area contributed by atoms with Gasteiger partial charge in [0, 0.05) is 23.7 Å². The van der Waals surface area contributed by atoms with Crippen molar-refractivity contribution in [2.75, 3.05) is 13.1 Å². The van der Waals surface area contributed by atoms with Gasteiger partial charge in [-0.05, 0) is 58.0 Å². The van der Waals surface area contributed by atoms with Gasteiger partial charge in [0.05, 0.1) is 5.52 Å². The van der Waals surface area contributed by atoms with Crippen molar-refractivity contribution in [2.45, 2.75) is 39.3 Å². The maximum atomic E-state index is 4.39. The first kappa shape index (κ1) is 14.9. The molecule has 2 rings (SSSR count). The van der Waals surface area contributed by atoms with Gasteiger partial charge in [-0.1, -0.05) is 18.2 Å². The third-order valence-corrected chi connectivity index (χ3v) is 3.24. The number of benzene rings is 1. The Morgan fingerprint density at radius 1 is 1.05 bits per heavy atom. The Morgan fingerprint density at radius 3 is 2.70 bits per heavy atom. The first-order chi connectivity index (χ1) is 9.56. The summed E-state index contributed by atoms with van der Waals surface area (Å²) in [5.74, 6) is 0. The molecule has 0 atom stereocenters. The van der Waals surface area contributed by atoms with Crippen LogP contribution in [0, 0.1) is 0 Å². The van der Waals surface area contributed by atoms with Crippen molar-refractivity contribution in [2.24, 2.45) is 0 Å². The smallest absolute Gasteiger partial charge is 0.0705 e. The van der Waals surface area contributed by atoms with Crippen LogP contribution in [0.15, 0.2) is 36.5 Å². The Hall–Kier alpha value is -1.45. The molecule has 0 aliphatic rings. The molecule has 0 aliphatic carbocycles. The molecule has 3 nitrogen and oxygen atoms in total. The highest BCUT2D eigenvalue weighted by molar-refractivity contribution is 5.81. The van der Waals surface area contributed by atoms with E-state index in [1.807, 2.05) is 12.3 Å². The second-order valence-electron chi connectivity index (χ2n) is 6.19. The van der Waals surface area contributed by atoms with E-state index >= 15 is 0 Å². The number of rotatable bonds is 6. The first-order valence-electron chi connectivity index (χ1n) is 7.35. The Bertz CT molecular complexity index is 538. The molecule has 0 radical (unpaired) electrons. The van der Waals surface area contributed by atoms with Gasteiger partial charge < -0.3 is 10.6 Å². The third-order valence-electron chi connectivity index (χ3n) is 3.24. The van der Waals surface area contributed by atoms with E-state index in [4.69, 9.17) is 0 Å².